The molecule has 0 fully saturated rings. The highest BCUT2D eigenvalue weighted by atomic mass is 79.9. The van der Waals surface area contributed by atoms with Gasteiger partial charge in [0.15, 0.2) is 0 Å². The van der Waals surface area contributed by atoms with E-state index >= 15 is 0 Å². The summed E-state index contributed by atoms with van der Waals surface area (Å²) >= 11 is 5.41. The zero-order valence-electron chi connectivity index (χ0n) is 10.7. The smallest absolute Gasteiger partial charge is 0.0314 e. The van der Waals surface area contributed by atoms with E-state index in [-0.39, 0.29) is 5.54 Å². The van der Waals surface area contributed by atoms with Crippen LogP contribution in [0.2, 0.25) is 0 Å². The van der Waals surface area contributed by atoms with Crippen LogP contribution in [0.15, 0.2) is 15.9 Å². The average molecular weight is 305 g/mol. The molecule has 16 heavy (non-hydrogen) atoms. The van der Waals surface area contributed by atoms with Crippen LogP contribution in [-0.4, -0.2) is 37.6 Å². The van der Waals surface area contributed by atoms with Crippen molar-refractivity contribution in [3.63, 3.8) is 0 Å². The van der Waals surface area contributed by atoms with Gasteiger partial charge in [0.1, 0.15) is 0 Å². The molecule has 1 heterocycles. The molecule has 1 unspecified atom stereocenters. The van der Waals surface area contributed by atoms with Gasteiger partial charge in [-0.25, -0.2) is 0 Å². The molecule has 0 aromatic carbocycles. The molecular formula is C12H21BrN2S. The van der Waals surface area contributed by atoms with E-state index < -0.39 is 0 Å². The van der Waals surface area contributed by atoms with E-state index in [4.69, 9.17) is 0 Å². The highest BCUT2D eigenvalue weighted by Crippen LogP contribution is 2.27. The van der Waals surface area contributed by atoms with Crippen molar-refractivity contribution in [2.75, 3.05) is 21.1 Å². The first kappa shape index (κ1) is 14.2. The maximum absolute atomic E-state index is 3.60. The second-order valence-corrected chi connectivity index (χ2v) is 6.64. The van der Waals surface area contributed by atoms with Crippen LogP contribution >= 0.6 is 27.3 Å². The van der Waals surface area contributed by atoms with Crippen LogP contribution in [0.4, 0.5) is 0 Å². The maximum atomic E-state index is 3.60. The molecule has 0 aliphatic heterocycles. The molecule has 0 radical (unpaired) electrons. The van der Waals surface area contributed by atoms with Gasteiger partial charge in [-0.3, -0.25) is 0 Å². The first-order valence-corrected chi connectivity index (χ1v) is 7.13. The number of nitrogens with one attached hydrogen (secondary N) is 1. The molecule has 0 spiro atoms. The Kier molecular flexibility index (Phi) is 4.98. The van der Waals surface area contributed by atoms with Gasteiger partial charge in [0.2, 0.25) is 0 Å². The van der Waals surface area contributed by atoms with Gasteiger partial charge in [0, 0.05) is 20.9 Å². The van der Waals surface area contributed by atoms with Crippen molar-refractivity contribution >= 4 is 27.3 Å². The van der Waals surface area contributed by atoms with Crippen LogP contribution in [0.5, 0.6) is 0 Å². The van der Waals surface area contributed by atoms with E-state index in [2.05, 4.69) is 65.5 Å². The van der Waals surface area contributed by atoms with Gasteiger partial charge in [-0.15, -0.1) is 11.3 Å². The van der Waals surface area contributed by atoms with Crippen LogP contribution in [0, 0.1) is 0 Å². The lowest BCUT2D eigenvalue weighted by molar-refractivity contribution is 0.142. The summed E-state index contributed by atoms with van der Waals surface area (Å²) < 4.78 is 1.23. The van der Waals surface area contributed by atoms with Crippen molar-refractivity contribution < 1.29 is 0 Å². The van der Waals surface area contributed by atoms with Gasteiger partial charge >= 0.3 is 0 Å². The molecule has 1 aromatic heterocycles. The molecule has 0 aliphatic carbocycles. The summed E-state index contributed by atoms with van der Waals surface area (Å²) in [6.45, 7) is 4.55. The summed E-state index contributed by atoms with van der Waals surface area (Å²) in [5.41, 5.74) is 0.137. The Hall–Kier alpha value is 0.1000. The predicted octanol–water partition coefficient (Wildman–Crippen LogP) is 2.98. The first-order valence-electron chi connectivity index (χ1n) is 5.46. The van der Waals surface area contributed by atoms with E-state index in [0.717, 1.165) is 6.42 Å². The number of hydrogen-bond donors (Lipinski definition) is 1. The fourth-order valence-electron chi connectivity index (χ4n) is 1.67. The Labute approximate surface area is 111 Å². The van der Waals surface area contributed by atoms with Crippen molar-refractivity contribution in [2.45, 2.75) is 31.8 Å². The molecule has 4 heteroatoms. The van der Waals surface area contributed by atoms with E-state index in [1.165, 1.54) is 9.35 Å². The molecule has 92 valence electrons. The lowest BCUT2D eigenvalue weighted by Gasteiger charge is -2.40. The van der Waals surface area contributed by atoms with E-state index in [0.29, 0.717) is 6.04 Å². The van der Waals surface area contributed by atoms with Gasteiger partial charge in [-0.2, -0.15) is 0 Å². The van der Waals surface area contributed by atoms with Crippen LogP contribution in [0.1, 0.15) is 18.7 Å². The van der Waals surface area contributed by atoms with Gasteiger partial charge < -0.3 is 10.2 Å². The fourth-order valence-corrected chi connectivity index (χ4v) is 3.23. The first-order chi connectivity index (χ1) is 7.39. The van der Waals surface area contributed by atoms with Gasteiger partial charge in [-0.05, 0) is 68.8 Å². The zero-order valence-corrected chi connectivity index (χ0v) is 13.1. The Morgan fingerprint density at radius 2 is 2.12 bits per heavy atom. The van der Waals surface area contributed by atoms with E-state index in [1.807, 2.05) is 18.4 Å². The minimum absolute atomic E-state index is 0.137. The molecule has 0 saturated carbocycles. The fraction of sp³-hybridized carbons (Fsp3) is 0.667. The quantitative estimate of drug-likeness (QED) is 0.900. The standard InChI is InChI=1S/C12H21BrN2S/c1-12(2,15(4)5)11(14-3)8-10-9(13)6-7-16-10/h6-7,11,14H,8H2,1-5H3. The van der Waals surface area contributed by atoms with Crippen LogP contribution in [0.25, 0.3) is 0 Å². The number of rotatable bonds is 5. The topological polar surface area (TPSA) is 15.3 Å². The van der Waals surface area contributed by atoms with Crippen molar-refractivity contribution in [3.8, 4) is 0 Å². The summed E-state index contributed by atoms with van der Waals surface area (Å²) in [6.07, 6.45) is 1.06. The molecule has 0 amide bonds. The normalized spacial score (nSPS) is 14.4. The van der Waals surface area contributed by atoms with Crippen molar-refractivity contribution in [3.05, 3.63) is 20.8 Å². The Morgan fingerprint density at radius 1 is 1.50 bits per heavy atom. The van der Waals surface area contributed by atoms with Gasteiger partial charge in [-0.1, -0.05) is 0 Å². The van der Waals surface area contributed by atoms with Crippen molar-refractivity contribution in [2.24, 2.45) is 0 Å². The van der Waals surface area contributed by atoms with E-state index in [9.17, 15) is 0 Å². The number of hydrogen-bond acceptors (Lipinski definition) is 3. The molecule has 0 aliphatic rings. The summed E-state index contributed by atoms with van der Waals surface area (Å²) in [5, 5.41) is 5.57. The molecule has 1 rings (SSSR count). The van der Waals surface area contributed by atoms with Crippen molar-refractivity contribution in [1.29, 1.82) is 0 Å². The third kappa shape index (κ3) is 3.06. The van der Waals surface area contributed by atoms with Crippen LogP contribution < -0.4 is 5.32 Å². The van der Waals surface area contributed by atoms with Gasteiger partial charge in [0.05, 0.1) is 0 Å². The highest BCUT2D eigenvalue weighted by Gasteiger charge is 2.31. The van der Waals surface area contributed by atoms with Crippen molar-refractivity contribution in [1.82, 2.24) is 10.2 Å². The molecule has 0 bridgehead atoms. The van der Waals surface area contributed by atoms with Gasteiger partial charge in [0.25, 0.3) is 0 Å². The monoisotopic (exact) mass is 304 g/mol. The SMILES string of the molecule is CNC(Cc1sccc1Br)C(C)(C)N(C)C. The summed E-state index contributed by atoms with van der Waals surface area (Å²) in [6, 6.07) is 2.56. The minimum atomic E-state index is 0.137. The number of likely N-dealkylation sites (N-methyl/N-ethyl adjacent to an activating group) is 2. The third-order valence-corrected chi connectivity index (χ3v) is 5.38. The van der Waals surface area contributed by atoms with Crippen LogP contribution in [0.3, 0.4) is 0 Å². The largest absolute Gasteiger partial charge is 0.315 e. The molecular weight excluding hydrogens is 284 g/mol. The van der Waals surface area contributed by atoms with Crippen LogP contribution in [-0.2, 0) is 6.42 Å². The molecule has 1 N–H and O–H groups in total. The zero-order chi connectivity index (χ0) is 12.3. The number of thiophene rings is 1. The summed E-state index contributed by atoms with van der Waals surface area (Å²) in [4.78, 5) is 3.68. The molecule has 0 saturated heterocycles. The molecule has 1 aromatic rings. The molecule has 1 atom stereocenters. The lowest BCUT2D eigenvalue weighted by atomic mass is 9.90. The highest BCUT2D eigenvalue weighted by molar-refractivity contribution is 9.10. The van der Waals surface area contributed by atoms with E-state index in [1.54, 1.807) is 0 Å². The summed E-state index contributed by atoms with van der Waals surface area (Å²) in [7, 11) is 6.30. The average Bonchev–Trinajstić information content (AvgIpc) is 2.60. The lowest BCUT2D eigenvalue weighted by Crippen LogP contribution is -2.55. The number of halogens is 1. The second-order valence-electron chi connectivity index (χ2n) is 4.79. The Bertz CT molecular complexity index is 334. The number of nitrogens with zero attached hydrogens (tertiary/aromatic N) is 1. The minimum Gasteiger partial charge on any atom is -0.315 e. The third-order valence-electron chi connectivity index (χ3n) is 3.43. The predicted molar refractivity (Wildman–Crippen MR) is 76.3 cm³/mol. The Balaban J connectivity index is 2.81. The molecule has 2 nitrogen and oxygen atoms in total. The Morgan fingerprint density at radius 3 is 2.50 bits per heavy atom. The second kappa shape index (κ2) is 5.63. The maximum Gasteiger partial charge on any atom is 0.0314 e. The summed E-state index contributed by atoms with van der Waals surface area (Å²) in [5.74, 6) is 0.